The first-order chi connectivity index (χ1) is 7.66. The van der Waals surface area contributed by atoms with Crippen LogP contribution in [0.2, 0.25) is 0 Å². The highest BCUT2D eigenvalue weighted by Gasteiger charge is 2.11. The lowest BCUT2D eigenvalue weighted by atomic mass is 10.3. The summed E-state index contributed by atoms with van der Waals surface area (Å²) in [7, 11) is 0. The molecule has 2 aromatic heterocycles. The molecule has 1 N–H and O–H groups in total. The lowest BCUT2D eigenvalue weighted by Crippen LogP contribution is -2.12. The molecule has 82 valence electrons. The molecule has 0 aliphatic rings. The van der Waals surface area contributed by atoms with Crippen molar-refractivity contribution in [3.63, 3.8) is 0 Å². The van der Waals surface area contributed by atoms with Crippen LogP contribution in [-0.2, 0) is 0 Å². The second-order valence-electron chi connectivity index (χ2n) is 3.44. The van der Waals surface area contributed by atoms with E-state index in [2.05, 4.69) is 15.3 Å². The summed E-state index contributed by atoms with van der Waals surface area (Å²) in [5.74, 6) is 0.403. The van der Waals surface area contributed by atoms with Gasteiger partial charge < -0.3 is 5.32 Å². The van der Waals surface area contributed by atoms with Crippen LogP contribution in [0.25, 0.3) is 0 Å². The van der Waals surface area contributed by atoms with E-state index in [-0.39, 0.29) is 5.91 Å². The summed E-state index contributed by atoms with van der Waals surface area (Å²) in [4.78, 5) is 20.6. The minimum atomic E-state index is -0.156. The number of anilines is 1. The first-order valence-electron chi connectivity index (χ1n) is 4.81. The number of rotatable bonds is 2. The second-order valence-corrected chi connectivity index (χ2v) is 4.30. The summed E-state index contributed by atoms with van der Waals surface area (Å²) in [6, 6.07) is 3.69. The Bertz CT molecular complexity index is 504. The van der Waals surface area contributed by atoms with Crippen LogP contribution in [0.5, 0.6) is 0 Å². The van der Waals surface area contributed by atoms with E-state index in [1.807, 2.05) is 19.9 Å². The summed E-state index contributed by atoms with van der Waals surface area (Å²) in [6.07, 6.45) is 1.72. The zero-order chi connectivity index (χ0) is 11.5. The molecule has 0 saturated carbocycles. The molecule has 2 rings (SSSR count). The van der Waals surface area contributed by atoms with Gasteiger partial charge in [-0.05, 0) is 25.5 Å². The molecule has 0 saturated heterocycles. The molecule has 4 nitrogen and oxygen atoms in total. The van der Waals surface area contributed by atoms with Gasteiger partial charge in [0.1, 0.15) is 10.7 Å². The predicted octanol–water partition coefficient (Wildman–Crippen LogP) is 2.41. The standard InChI is InChI=1S/C11H11N3OS/c1-7-3-4-9(12-5-7)14-11(15)10-8(2)13-6-16-10/h3-6H,1-2H3,(H,12,14,15). The van der Waals surface area contributed by atoms with Crippen LogP contribution in [0.4, 0.5) is 5.82 Å². The zero-order valence-corrected chi connectivity index (χ0v) is 9.84. The van der Waals surface area contributed by atoms with E-state index in [1.165, 1.54) is 11.3 Å². The Hall–Kier alpha value is -1.75. The van der Waals surface area contributed by atoms with Gasteiger partial charge in [0.15, 0.2) is 0 Å². The maximum Gasteiger partial charge on any atom is 0.268 e. The maximum atomic E-state index is 11.8. The fraction of sp³-hybridized carbons (Fsp3) is 0.182. The lowest BCUT2D eigenvalue weighted by Gasteiger charge is -2.02. The Morgan fingerprint density at radius 1 is 1.31 bits per heavy atom. The largest absolute Gasteiger partial charge is 0.306 e. The summed E-state index contributed by atoms with van der Waals surface area (Å²) >= 11 is 1.33. The van der Waals surface area contributed by atoms with E-state index in [0.29, 0.717) is 10.7 Å². The molecular weight excluding hydrogens is 222 g/mol. The molecule has 1 amide bonds. The molecule has 0 spiro atoms. The number of nitrogens with one attached hydrogen (secondary N) is 1. The van der Waals surface area contributed by atoms with Gasteiger partial charge >= 0.3 is 0 Å². The van der Waals surface area contributed by atoms with Crippen LogP contribution in [0.15, 0.2) is 23.8 Å². The molecule has 0 aliphatic carbocycles. The van der Waals surface area contributed by atoms with Crippen molar-refractivity contribution >= 4 is 23.1 Å². The molecule has 2 heterocycles. The predicted molar refractivity (Wildman–Crippen MR) is 63.8 cm³/mol. The SMILES string of the molecule is Cc1ccc(NC(=O)c2scnc2C)nc1. The Balaban J connectivity index is 2.14. The third kappa shape index (κ3) is 2.25. The molecule has 0 fully saturated rings. The molecule has 0 atom stereocenters. The Morgan fingerprint density at radius 2 is 2.12 bits per heavy atom. The molecule has 0 radical (unpaired) electrons. The quantitative estimate of drug-likeness (QED) is 0.866. The van der Waals surface area contributed by atoms with Gasteiger partial charge in [0.25, 0.3) is 5.91 Å². The van der Waals surface area contributed by atoms with Crippen molar-refractivity contribution in [1.82, 2.24) is 9.97 Å². The molecule has 0 aromatic carbocycles. The monoisotopic (exact) mass is 233 g/mol. The Kier molecular flexibility index (Phi) is 2.96. The average Bonchev–Trinajstić information content (AvgIpc) is 2.68. The topological polar surface area (TPSA) is 54.9 Å². The van der Waals surface area contributed by atoms with Gasteiger partial charge in [0, 0.05) is 6.20 Å². The van der Waals surface area contributed by atoms with Crippen LogP contribution >= 0.6 is 11.3 Å². The van der Waals surface area contributed by atoms with E-state index in [9.17, 15) is 4.79 Å². The van der Waals surface area contributed by atoms with Crippen LogP contribution in [0.3, 0.4) is 0 Å². The van der Waals surface area contributed by atoms with Gasteiger partial charge in [-0.1, -0.05) is 6.07 Å². The van der Waals surface area contributed by atoms with Crippen molar-refractivity contribution in [3.8, 4) is 0 Å². The van der Waals surface area contributed by atoms with Crippen LogP contribution in [-0.4, -0.2) is 15.9 Å². The average molecular weight is 233 g/mol. The highest BCUT2D eigenvalue weighted by molar-refractivity contribution is 7.12. The number of thiazole rings is 1. The number of aromatic nitrogens is 2. The Morgan fingerprint density at radius 3 is 2.69 bits per heavy atom. The van der Waals surface area contributed by atoms with Crippen molar-refractivity contribution in [2.75, 3.05) is 5.32 Å². The van der Waals surface area contributed by atoms with Crippen LogP contribution in [0, 0.1) is 13.8 Å². The van der Waals surface area contributed by atoms with E-state index in [4.69, 9.17) is 0 Å². The van der Waals surface area contributed by atoms with Crippen molar-refractivity contribution in [1.29, 1.82) is 0 Å². The number of amides is 1. The van der Waals surface area contributed by atoms with Crippen molar-refractivity contribution in [3.05, 3.63) is 40.0 Å². The number of nitrogens with zero attached hydrogens (tertiary/aromatic N) is 2. The highest BCUT2D eigenvalue weighted by atomic mass is 32.1. The molecule has 16 heavy (non-hydrogen) atoms. The molecule has 0 aliphatic heterocycles. The van der Waals surface area contributed by atoms with Gasteiger partial charge in [-0.3, -0.25) is 4.79 Å². The summed E-state index contributed by atoms with van der Waals surface area (Å²) in [5, 5.41) is 2.73. The van der Waals surface area contributed by atoms with Gasteiger partial charge in [-0.2, -0.15) is 0 Å². The van der Waals surface area contributed by atoms with Gasteiger partial charge in [-0.15, -0.1) is 11.3 Å². The van der Waals surface area contributed by atoms with Gasteiger partial charge in [0.2, 0.25) is 0 Å². The van der Waals surface area contributed by atoms with Crippen LogP contribution < -0.4 is 5.32 Å². The Labute approximate surface area is 97.4 Å². The van der Waals surface area contributed by atoms with Crippen molar-refractivity contribution in [2.45, 2.75) is 13.8 Å². The third-order valence-corrected chi connectivity index (χ3v) is 3.03. The first kappa shape index (κ1) is 10.8. The number of carbonyl (C=O) groups is 1. The number of carbonyl (C=O) groups excluding carboxylic acids is 1. The molecule has 0 bridgehead atoms. The molecule has 5 heteroatoms. The highest BCUT2D eigenvalue weighted by Crippen LogP contribution is 2.14. The number of aryl methyl sites for hydroxylation is 2. The third-order valence-electron chi connectivity index (χ3n) is 2.10. The zero-order valence-electron chi connectivity index (χ0n) is 9.02. The summed E-state index contributed by atoms with van der Waals surface area (Å²) < 4.78 is 0. The molecular formula is C11H11N3OS. The lowest BCUT2D eigenvalue weighted by molar-refractivity contribution is 0.102. The van der Waals surface area contributed by atoms with E-state index in [1.54, 1.807) is 17.8 Å². The summed E-state index contributed by atoms with van der Waals surface area (Å²) in [6.45, 7) is 3.76. The van der Waals surface area contributed by atoms with Gasteiger partial charge in [0.05, 0.1) is 11.2 Å². The van der Waals surface area contributed by atoms with Crippen LogP contribution in [0.1, 0.15) is 20.9 Å². The van der Waals surface area contributed by atoms with E-state index >= 15 is 0 Å². The fourth-order valence-electron chi connectivity index (χ4n) is 1.23. The normalized spacial score (nSPS) is 10.1. The smallest absolute Gasteiger partial charge is 0.268 e. The molecule has 0 unspecified atom stereocenters. The van der Waals surface area contributed by atoms with Crippen molar-refractivity contribution in [2.24, 2.45) is 0 Å². The second kappa shape index (κ2) is 4.40. The number of hydrogen-bond donors (Lipinski definition) is 1. The number of pyridine rings is 1. The first-order valence-corrected chi connectivity index (χ1v) is 5.69. The maximum absolute atomic E-state index is 11.8. The summed E-state index contributed by atoms with van der Waals surface area (Å²) in [5.41, 5.74) is 3.47. The number of hydrogen-bond acceptors (Lipinski definition) is 4. The fourth-order valence-corrected chi connectivity index (χ4v) is 1.93. The van der Waals surface area contributed by atoms with E-state index in [0.717, 1.165) is 11.3 Å². The minimum Gasteiger partial charge on any atom is -0.306 e. The van der Waals surface area contributed by atoms with Gasteiger partial charge in [-0.25, -0.2) is 9.97 Å². The van der Waals surface area contributed by atoms with Crippen molar-refractivity contribution < 1.29 is 4.79 Å². The minimum absolute atomic E-state index is 0.156. The van der Waals surface area contributed by atoms with E-state index < -0.39 is 0 Å². The molecule has 2 aromatic rings.